The molecule has 3 amide bonds. The second kappa shape index (κ2) is 6.82. The fourth-order valence-corrected chi connectivity index (χ4v) is 1.98. The molecule has 7 heteroatoms. The van der Waals surface area contributed by atoms with Crippen molar-refractivity contribution in [3.63, 3.8) is 0 Å². The molecule has 0 fully saturated rings. The highest BCUT2D eigenvalue weighted by Gasteiger charge is 2.09. The smallest absolute Gasteiger partial charge is 0.323 e. The summed E-state index contributed by atoms with van der Waals surface area (Å²) in [5.41, 5.74) is 6.37. The predicted molar refractivity (Wildman–Crippen MR) is 85.6 cm³/mol. The average molecular weight is 320 g/mol. The van der Waals surface area contributed by atoms with Crippen LogP contribution < -0.4 is 21.1 Å². The van der Waals surface area contributed by atoms with Crippen LogP contribution in [0.1, 0.15) is 10.4 Å². The summed E-state index contributed by atoms with van der Waals surface area (Å²) < 4.78 is 5.14. The molecule has 0 unspecified atom stereocenters. The predicted octanol–water partition coefficient (Wildman–Crippen LogP) is 3.09. The Bertz CT molecular complexity index is 719. The first-order valence-corrected chi connectivity index (χ1v) is 6.69. The molecular formula is C15H14ClN3O3. The summed E-state index contributed by atoms with van der Waals surface area (Å²) in [5, 5.41) is 5.69. The number of hydrogen-bond acceptors (Lipinski definition) is 3. The van der Waals surface area contributed by atoms with Crippen molar-refractivity contribution in [2.75, 3.05) is 17.7 Å². The molecule has 114 valence electrons. The van der Waals surface area contributed by atoms with Gasteiger partial charge >= 0.3 is 6.03 Å². The Morgan fingerprint density at radius 3 is 2.59 bits per heavy atom. The van der Waals surface area contributed by atoms with Crippen molar-refractivity contribution in [1.29, 1.82) is 0 Å². The van der Waals surface area contributed by atoms with Crippen LogP contribution in [-0.2, 0) is 0 Å². The van der Waals surface area contributed by atoms with Gasteiger partial charge in [-0.05, 0) is 36.4 Å². The number of rotatable bonds is 4. The number of methoxy groups -OCH3 is 1. The molecule has 0 spiro atoms. The van der Waals surface area contributed by atoms with Crippen molar-refractivity contribution in [2.24, 2.45) is 5.73 Å². The van der Waals surface area contributed by atoms with Gasteiger partial charge in [-0.1, -0.05) is 17.7 Å². The number of urea groups is 1. The minimum atomic E-state index is -0.569. The lowest BCUT2D eigenvalue weighted by Gasteiger charge is -2.11. The van der Waals surface area contributed by atoms with Gasteiger partial charge in [0.25, 0.3) is 0 Å². The van der Waals surface area contributed by atoms with Gasteiger partial charge in [-0.15, -0.1) is 0 Å². The lowest BCUT2D eigenvalue weighted by Crippen LogP contribution is -2.20. The number of carbonyl (C=O) groups excluding carboxylic acids is 2. The first kappa shape index (κ1) is 15.7. The molecule has 2 aromatic rings. The minimum absolute atomic E-state index is 0.304. The molecule has 4 N–H and O–H groups in total. The Balaban J connectivity index is 2.12. The summed E-state index contributed by atoms with van der Waals surface area (Å²) in [6, 6.07) is 10.7. The molecule has 0 saturated heterocycles. The highest BCUT2D eigenvalue weighted by Crippen LogP contribution is 2.27. The Labute approximate surface area is 132 Å². The maximum Gasteiger partial charge on any atom is 0.323 e. The number of amides is 3. The van der Waals surface area contributed by atoms with Crippen molar-refractivity contribution in [1.82, 2.24) is 0 Å². The van der Waals surface area contributed by atoms with E-state index in [2.05, 4.69) is 10.6 Å². The third-order valence-electron chi connectivity index (χ3n) is 2.81. The van der Waals surface area contributed by atoms with E-state index in [9.17, 15) is 9.59 Å². The minimum Gasteiger partial charge on any atom is -0.495 e. The molecule has 0 aliphatic rings. The number of hydrogen-bond donors (Lipinski definition) is 3. The van der Waals surface area contributed by atoms with Gasteiger partial charge in [0.15, 0.2) is 0 Å². The topological polar surface area (TPSA) is 93.4 Å². The molecule has 2 aromatic carbocycles. The monoisotopic (exact) mass is 319 g/mol. The van der Waals surface area contributed by atoms with E-state index in [0.29, 0.717) is 27.7 Å². The van der Waals surface area contributed by atoms with E-state index in [4.69, 9.17) is 22.1 Å². The Morgan fingerprint density at radius 2 is 1.91 bits per heavy atom. The van der Waals surface area contributed by atoms with Crippen LogP contribution in [0.5, 0.6) is 5.75 Å². The molecule has 0 bridgehead atoms. The molecule has 0 aliphatic carbocycles. The SMILES string of the molecule is COc1ccc(Cl)cc1NC(=O)Nc1cccc(C(N)=O)c1. The Morgan fingerprint density at radius 1 is 1.14 bits per heavy atom. The van der Waals surface area contributed by atoms with E-state index in [0.717, 1.165) is 0 Å². The van der Waals surface area contributed by atoms with Gasteiger partial charge in [0.1, 0.15) is 5.75 Å². The van der Waals surface area contributed by atoms with Crippen LogP contribution in [0, 0.1) is 0 Å². The van der Waals surface area contributed by atoms with Gasteiger partial charge in [-0.2, -0.15) is 0 Å². The van der Waals surface area contributed by atoms with Crippen LogP contribution in [0.3, 0.4) is 0 Å². The van der Waals surface area contributed by atoms with Crippen LogP contribution in [0.15, 0.2) is 42.5 Å². The fraction of sp³-hybridized carbons (Fsp3) is 0.0667. The molecule has 0 aliphatic heterocycles. The number of halogens is 1. The molecule has 0 radical (unpaired) electrons. The number of benzene rings is 2. The molecule has 22 heavy (non-hydrogen) atoms. The zero-order valence-corrected chi connectivity index (χ0v) is 12.5. The second-order valence-electron chi connectivity index (χ2n) is 4.37. The number of anilines is 2. The summed E-state index contributed by atoms with van der Waals surface area (Å²) in [5.74, 6) is -0.0917. The number of carbonyl (C=O) groups is 2. The number of primary amides is 1. The highest BCUT2D eigenvalue weighted by molar-refractivity contribution is 6.31. The van der Waals surface area contributed by atoms with E-state index < -0.39 is 11.9 Å². The highest BCUT2D eigenvalue weighted by atomic mass is 35.5. The average Bonchev–Trinajstić information content (AvgIpc) is 2.47. The molecule has 0 heterocycles. The van der Waals surface area contributed by atoms with E-state index in [-0.39, 0.29) is 0 Å². The first-order chi connectivity index (χ1) is 10.5. The fourth-order valence-electron chi connectivity index (χ4n) is 1.81. The van der Waals surface area contributed by atoms with Crippen molar-refractivity contribution in [3.05, 3.63) is 53.1 Å². The van der Waals surface area contributed by atoms with E-state index in [1.807, 2.05) is 0 Å². The maximum absolute atomic E-state index is 12.0. The summed E-state index contributed by atoms with van der Waals surface area (Å²) in [6.45, 7) is 0. The largest absolute Gasteiger partial charge is 0.495 e. The van der Waals surface area contributed by atoms with Gasteiger partial charge in [0.05, 0.1) is 12.8 Å². The number of nitrogens with two attached hydrogens (primary N) is 1. The molecule has 0 atom stereocenters. The molecule has 6 nitrogen and oxygen atoms in total. The van der Waals surface area contributed by atoms with Crippen LogP contribution in [-0.4, -0.2) is 19.0 Å². The van der Waals surface area contributed by atoms with E-state index in [1.54, 1.807) is 36.4 Å². The number of ether oxygens (including phenoxy) is 1. The quantitative estimate of drug-likeness (QED) is 0.808. The van der Waals surface area contributed by atoms with E-state index >= 15 is 0 Å². The van der Waals surface area contributed by atoms with Gasteiger partial charge in [0, 0.05) is 16.3 Å². The standard InChI is InChI=1S/C15H14ClN3O3/c1-22-13-6-5-10(16)8-12(13)19-15(21)18-11-4-2-3-9(7-11)14(17)20/h2-8H,1H3,(H2,17,20)(H2,18,19,21). The van der Waals surface area contributed by atoms with Gasteiger partial charge < -0.3 is 21.1 Å². The number of nitrogens with one attached hydrogen (secondary N) is 2. The van der Waals surface area contributed by atoms with Crippen LogP contribution in [0.2, 0.25) is 5.02 Å². The van der Waals surface area contributed by atoms with Crippen molar-refractivity contribution >= 4 is 34.9 Å². The van der Waals surface area contributed by atoms with Gasteiger partial charge in [0.2, 0.25) is 5.91 Å². The zero-order valence-electron chi connectivity index (χ0n) is 11.7. The van der Waals surface area contributed by atoms with Crippen molar-refractivity contribution in [3.8, 4) is 5.75 Å². The van der Waals surface area contributed by atoms with Crippen LogP contribution in [0.25, 0.3) is 0 Å². The maximum atomic E-state index is 12.0. The van der Waals surface area contributed by atoms with Crippen molar-refractivity contribution in [2.45, 2.75) is 0 Å². The molecule has 0 aromatic heterocycles. The normalized spacial score (nSPS) is 9.91. The van der Waals surface area contributed by atoms with Crippen LogP contribution in [0.4, 0.5) is 16.2 Å². The zero-order chi connectivity index (χ0) is 16.1. The lowest BCUT2D eigenvalue weighted by molar-refractivity contribution is 0.100. The molecule has 0 saturated carbocycles. The Kier molecular flexibility index (Phi) is 4.85. The summed E-state index contributed by atoms with van der Waals surface area (Å²) in [6.07, 6.45) is 0. The van der Waals surface area contributed by atoms with E-state index in [1.165, 1.54) is 13.2 Å². The van der Waals surface area contributed by atoms with Crippen LogP contribution >= 0.6 is 11.6 Å². The first-order valence-electron chi connectivity index (χ1n) is 6.31. The Hall–Kier alpha value is -2.73. The molecule has 2 rings (SSSR count). The summed E-state index contributed by atoms with van der Waals surface area (Å²) in [4.78, 5) is 23.1. The summed E-state index contributed by atoms with van der Waals surface area (Å²) in [7, 11) is 1.49. The molecular weight excluding hydrogens is 306 g/mol. The second-order valence-corrected chi connectivity index (χ2v) is 4.81. The lowest BCUT2D eigenvalue weighted by atomic mass is 10.2. The third kappa shape index (κ3) is 3.89. The summed E-state index contributed by atoms with van der Waals surface area (Å²) >= 11 is 5.89. The third-order valence-corrected chi connectivity index (χ3v) is 3.05. The van der Waals surface area contributed by atoms with Gasteiger partial charge in [-0.25, -0.2) is 4.79 Å². The van der Waals surface area contributed by atoms with Gasteiger partial charge in [-0.3, -0.25) is 4.79 Å². The van der Waals surface area contributed by atoms with Crippen molar-refractivity contribution < 1.29 is 14.3 Å².